The summed E-state index contributed by atoms with van der Waals surface area (Å²) in [4.78, 5) is 0. The Morgan fingerprint density at radius 3 is 2.27 bits per heavy atom. The summed E-state index contributed by atoms with van der Waals surface area (Å²) in [5.41, 5.74) is 0. The second kappa shape index (κ2) is 6.01. The van der Waals surface area contributed by atoms with Gasteiger partial charge in [0.15, 0.2) is 0 Å². The van der Waals surface area contributed by atoms with Gasteiger partial charge < -0.3 is 5.32 Å². The normalized spacial score (nSPS) is 21.5. The first kappa shape index (κ1) is 9.53. The molecule has 66 valence electrons. The van der Waals surface area contributed by atoms with Gasteiger partial charge in [-0.15, -0.1) is 0 Å². The molecule has 0 heterocycles. The molecule has 0 atom stereocenters. The topological polar surface area (TPSA) is 12.0 Å². The Morgan fingerprint density at radius 2 is 1.73 bits per heavy atom. The Hall–Kier alpha value is 0.440. The van der Waals surface area contributed by atoms with Gasteiger partial charge in [0.2, 0.25) is 0 Å². The molecule has 0 amide bonds. The molecular weight excluding hydrogens is 202 g/mol. The third kappa shape index (κ3) is 4.12. The van der Waals surface area contributed by atoms with Crippen molar-refractivity contribution in [1.82, 2.24) is 5.32 Å². The molecule has 0 aliphatic heterocycles. The zero-order valence-corrected chi connectivity index (χ0v) is 8.70. The summed E-state index contributed by atoms with van der Waals surface area (Å²) in [5, 5.41) is 4.65. The van der Waals surface area contributed by atoms with Crippen molar-refractivity contribution in [1.29, 1.82) is 0 Å². The highest BCUT2D eigenvalue weighted by Gasteiger charge is 2.09. The molecule has 0 aromatic carbocycles. The SMILES string of the molecule is BrCCNC1CCCCCC1. The van der Waals surface area contributed by atoms with Crippen LogP contribution in [-0.4, -0.2) is 17.9 Å². The van der Waals surface area contributed by atoms with E-state index in [9.17, 15) is 0 Å². The number of rotatable bonds is 3. The maximum Gasteiger partial charge on any atom is 0.0157 e. The van der Waals surface area contributed by atoms with Crippen LogP contribution in [0.3, 0.4) is 0 Å². The molecular formula is C9H18BrN. The van der Waals surface area contributed by atoms with Gasteiger partial charge in [-0.05, 0) is 12.8 Å². The third-order valence-corrected chi connectivity index (χ3v) is 2.78. The molecule has 1 aliphatic rings. The van der Waals surface area contributed by atoms with E-state index in [-0.39, 0.29) is 0 Å². The lowest BCUT2D eigenvalue weighted by atomic mass is 10.1. The van der Waals surface area contributed by atoms with Gasteiger partial charge in [-0.25, -0.2) is 0 Å². The monoisotopic (exact) mass is 219 g/mol. The molecule has 0 aromatic rings. The van der Waals surface area contributed by atoms with Crippen molar-refractivity contribution in [3.05, 3.63) is 0 Å². The van der Waals surface area contributed by atoms with E-state index in [2.05, 4.69) is 21.2 Å². The molecule has 0 saturated heterocycles. The zero-order chi connectivity index (χ0) is 7.94. The zero-order valence-electron chi connectivity index (χ0n) is 7.11. The Kier molecular flexibility index (Phi) is 5.21. The van der Waals surface area contributed by atoms with Crippen molar-refractivity contribution in [2.45, 2.75) is 44.6 Å². The average molecular weight is 220 g/mol. The summed E-state index contributed by atoms with van der Waals surface area (Å²) in [6.45, 7) is 1.13. The molecule has 1 N–H and O–H groups in total. The van der Waals surface area contributed by atoms with Crippen molar-refractivity contribution < 1.29 is 0 Å². The molecule has 0 radical (unpaired) electrons. The first-order valence-electron chi connectivity index (χ1n) is 4.73. The number of halogens is 1. The quantitative estimate of drug-likeness (QED) is 0.569. The standard InChI is InChI=1S/C9H18BrN/c10-7-8-11-9-5-3-1-2-4-6-9/h9,11H,1-8H2. The average Bonchev–Trinajstić information content (AvgIpc) is 2.28. The Bertz CT molecular complexity index is 87.6. The minimum absolute atomic E-state index is 0.815. The first-order valence-corrected chi connectivity index (χ1v) is 5.85. The molecule has 1 saturated carbocycles. The minimum atomic E-state index is 0.815. The van der Waals surface area contributed by atoms with Crippen molar-refractivity contribution >= 4 is 15.9 Å². The Labute approximate surface area is 78.1 Å². The second-order valence-corrected chi connectivity index (χ2v) is 4.12. The van der Waals surface area contributed by atoms with Crippen LogP contribution in [-0.2, 0) is 0 Å². The fraction of sp³-hybridized carbons (Fsp3) is 1.00. The predicted octanol–water partition coefficient (Wildman–Crippen LogP) is 2.69. The van der Waals surface area contributed by atoms with E-state index in [0.29, 0.717) is 0 Å². The summed E-state index contributed by atoms with van der Waals surface area (Å²) in [6, 6.07) is 0.815. The van der Waals surface area contributed by atoms with E-state index in [1.165, 1.54) is 38.5 Å². The maximum atomic E-state index is 3.56. The lowest BCUT2D eigenvalue weighted by Crippen LogP contribution is -2.29. The van der Waals surface area contributed by atoms with Crippen LogP contribution in [0, 0.1) is 0 Å². The maximum absolute atomic E-state index is 3.56. The van der Waals surface area contributed by atoms with Gasteiger partial charge in [0, 0.05) is 17.9 Å². The van der Waals surface area contributed by atoms with Gasteiger partial charge in [0.1, 0.15) is 0 Å². The second-order valence-electron chi connectivity index (χ2n) is 3.33. The van der Waals surface area contributed by atoms with E-state index in [0.717, 1.165) is 17.9 Å². The van der Waals surface area contributed by atoms with Crippen molar-refractivity contribution in [3.63, 3.8) is 0 Å². The molecule has 0 aromatic heterocycles. The lowest BCUT2D eigenvalue weighted by molar-refractivity contribution is 0.474. The smallest absolute Gasteiger partial charge is 0.0157 e. The van der Waals surface area contributed by atoms with Crippen molar-refractivity contribution in [3.8, 4) is 0 Å². The molecule has 1 aliphatic carbocycles. The fourth-order valence-corrected chi connectivity index (χ4v) is 1.97. The van der Waals surface area contributed by atoms with E-state index in [1.807, 2.05) is 0 Å². The Morgan fingerprint density at radius 1 is 1.09 bits per heavy atom. The number of hydrogen-bond acceptors (Lipinski definition) is 1. The van der Waals surface area contributed by atoms with Crippen LogP contribution in [0.4, 0.5) is 0 Å². The van der Waals surface area contributed by atoms with E-state index in [4.69, 9.17) is 0 Å². The summed E-state index contributed by atoms with van der Waals surface area (Å²) in [6.07, 6.45) is 8.55. The van der Waals surface area contributed by atoms with Gasteiger partial charge in [-0.2, -0.15) is 0 Å². The highest BCUT2D eigenvalue weighted by atomic mass is 79.9. The highest BCUT2D eigenvalue weighted by Crippen LogP contribution is 2.16. The summed E-state index contributed by atoms with van der Waals surface area (Å²) in [5.74, 6) is 0. The summed E-state index contributed by atoms with van der Waals surface area (Å²) < 4.78 is 0. The van der Waals surface area contributed by atoms with Crippen LogP contribution >= 0.6 is 15.9 Å². The molecule has 1 rings (SSSR count). The third-order valence-electron chi connectivity index (χ3n) is 2.38. The van der Waals surface area contributed by atoms with Gasteiger partial charge in [0.05, 0.1) is 0 Å². The van der Waals surface area contributed by atoms with Gasteiger partial charge in [-0.3, -0.25) is 0 Å². The molecule has 11 heavy (non-hydrogen) atoms. The predicted molar refractivity (Wildman–Crippen MR) is 53.3 cm³/mol. The fourth-order valence-electron chi connectivity index (χ4n) is 1.74. The van der Waals surface area contributed by atoms with Crippen LogP contribution in [0.25, 0.3) is 0 Å². The molecule has 0 bridgehead atoms. The van der Waals surface area contributed by atoms with Gasteiger partial charge >= 0.3 is 0 Å². The van der Waals surface area contributed by atoms with Crippen LogP contribution in [0.1, 0.15) is 38.5 Å². The molecule has 2 heteroatoms. The van der Waals surface area contributed by atoms with E-state index in [1.54, 1.807) is 0 Å². The highest BCUT2D eigenvalue weighted by molar-refractivity contribution is 9.09. The van der Waals surface area contributed by atoms with Gasteiger partial charge in [-0.1, -0.05) is 41.6 Å². The van der Waals surface area contributed by atoms with Crippen LogP contribution < -0.4 is 5.32 Å². The summed E-state index contributed by atoms with van der Waals surface area (Å²) in [7, 11) is 0. The van der Waals surface area contributed by atoms with Crippen LogP contribution in [0.15, 0.2) is 0 Å². The van der Waals surface area contributed by atoms with Gasteiger partial charge in [0.25, 0.3) is 0 Å². The van der Waals surface area contributed by atoms with Crippen LogP contribution in [0.5, 0.6) is 0 Å². The lowest BCUT2D eigenvalue weighted by Gasteiger charge is -2.14. The number of hydrogen-bond donors (Lipinski definition) is 1. The van der Waals surface area contributed by atoms with E-state index >= 15 is 0 Å². The van der Waals surface area contributed by atoms with E-state index < -0.39 is 0 Å². The molecule has 1 fully saturated rings. The number of alkyl halides is 1. The Balaban J connectivity index is 2.09. The molecule has 0 unspecified atom stereocenters. The minimum Gasteiger partial charge on any atom is -0.313 e. The van der Waals surface area contributed by atoms with Crippen molar-refractivity contribution in [2.24, 2.45) is 0 Å². The molecule has 1 nitrogen and oxygen atoms in total. The largest absolute Gasteiger partial charge is 0.313 e. The number of nitrogens with one attached hydrogen (secondary N) is 1. The first-order chi connectivity index (χ1) is 5.43. The van der Waals surface area contributed by atoms with Crippen LogP contribution in [0.2, 0.25) is 0 Å². The summed E-state index contributed by atoms with van der Waals surface area (Å²) >= 11 is 3.43. The molecule has 0 spiro atoms. The van der Waals surface area contributed by atoms with Crippen molar-refractivity contribution in [2.75, 3.05) is 11.9 Å².